The predicted octanol–water partition coefficient (Wildman–Crippen LogP) is 0.812. The average Bonchev–Trinajstić information content (AvgIpc) is 2.60. The second-order valence-corrected chi connectivity index (χ2v) is 5.86. The number of nitrogens with zero attached hydrogens (tertiary/aromatic N) is 1. The summed E-state index contributed by atoms with van der Waals surface area (Å²) in [6.45, 7) is 1.27. The summed E-state index contributed by atoms with van der Waals surface area (Å²) in [5.74, 6) is 1.40. The van der Waals surface area contributed by atoms with E-state index in [1.54, 1.807) is 0 Å². The maximum Gasteiger partial charge on any atom is 0.299 e. The largest absolute Gasteiger partial charge is 0.299 e. The molecule has 11 heavy (non-hydrogen) atoms. The Kier molecular flexibility index (Phi) is 1.67. The molecule has 0 radical (unpaired) electrons. The van der Waals surface area contributed by atoms with Crippen LogP contribution in [0.1, 0.15) is 12.8 Å². The fraction of sp³-hybridized carbons (Fsp3) is 1.00. The molecule has 0 aromatic rings. The minimum atomic E-state index is -3.43. The van der Waals surface area contributed by atoms with E-state index in [1.807, 2.05) is 0 Å². The van der Waals surface area contributed by atoms with Gasteiger partial charge in [-0.15, -0.1) is 0 Å². The molecule has 0 aromatic carbocycles. The molecule has 0 bridgehead atoms. The summed E-state index contributed by atoms with van der Waals surface area (Å²) in [5.41, 5.74) is 0. The van der Waals surface area contributed by atoms with Crippen LogP contribution in [-0.4, -0.2) is 25.8 Å². The van der Waals surface area contributed by atoms with Crippen LogP contribution in [0.2, 0.25) is 0 Å². The fourth-order valence-corrected chi connectivity index (χ4v) is 2.82. The van der Waals surface area contributed by atoms with Crippen molar-refractivity contribution in [2.45, 2.75) is 12.8 Å². The first kappa shape index (κ1) is 7.83. The van der Waals surface area contributed by atoms with Crippen LogP contribution in [0, 0.1) is 11.8 Å². The molecular formula is C6H10ClNO2S. The van der Waals surface area contributed by atoms with Crippen molar-refractivity contribution in [1.82, 2.24) is 4.31 Å². The van der Waals surface area contributed by atoms with Gasteiger partial charge in [-0.2, -0.15) is 12.7 Å². The van der Waals surface area contributed by atoms with Gasteiger partial charge in [0.05, 0.1) is 0 Å². The highest BCUT2D eigenvalue weighted by molar-refractivity contribution is 8.11. The number of hydrogen-bond donors (Lipinski definition) is 0. The number of rotatable bonds is 1. The van der Waals surface area contributed by atoms with Gasteiger partial charge in [0.15, 0.2) is 0 Å². The van der Waals surface area contributed by atoms with E-state index < -0.39 is 9.24 Å². The van der Waals surface area contributed by atoms with Gasteiger partial charge in [-0.25, -0.2) is 0 Å². The van der Waals surface area contributed by atoms with Gasteiger partial charge in [0.25, 0.3) is 9.24 Å². The summed E-state index contributed by atoms with van der Waals surface area (Å²) in [5, 5.41) is 0. The molecule has 2 aliphatic rings. The number of piperidine rings is 1. The van der Waals surface area contributed by atoms with Crippen molar-refractivity contribution in [3.63, 3.8) is 0 Å². The molecular weight excluding hydrogens is 186 g/mol. The van der Waals surface area contributed by atoms with Crippen molar-refractivity contribution in [1.29, 1.82) is 0 Å². The first-order valence-electron chi connectivity index (χ1n) is 3.77. The highest BCUT2D eigenvalue weighted by atomic mass is 35.7. The zero-order valence-corrected chi connectivity index (χ0v) is 7.61. The van der Waals surface area contributed by atoms with Crippen molar-refractivity contribution >= 4 is 19.9 Å². The summed E-state index contributed by atoms with van der Waals surface area (Å²) in [7, 11) is 1.77. The van der Waals surface area contributed by atoms with Gasteiger partial charge in [0, 0.05) is 23.8 Å². The van der Waals surface area contributed by atoms with Gasteiger partial charge in [-0.05, 0) is 24.7 Å². The molecule has 64 valence electrons. The zero-order chi connectivity index (χ0) is 8.06. The lowest BCUT2D eigenvalue weighted by molar-refractivity contribution is 0.340. The zero-order valence-electron chi connectivity index (χ0n) is 6.03. The Bertz CT molecular complexity index is 264. The summed E-state index contributed by atoms with van der Waals surface area (Å²) in [4.78, 5) is 0. The Morgan fingerprint density at radius 3 is 2.64 bits per heavy atom. The lowest BCUT2D eigenvalue weighted by atomic mass is 10.2. The molecule has 0 amide bonds. The second kappa shape index (κ2) is 2.34. The molecule has 1 heterocycles. The topological polar surface area (TPSA) is 37.4 Å². The molecule has 1 saturated heterocycles. The first-order valence-corrected chi connectivity index (χ1v) is 6.04. The van der Waals surface area contributed by atoms with Gasteiger partial charge < -0.3 is 0 Å². The van der Waals surface area contributed by atoms with Crippen LogP contribution in [-0.2, 0) is 9.24 Å². The Hall–Kier alpha value is 0.200. The van der Waals surface area contributed by atoms with Gasteiger partial charge in [-0.3, -0.25) is 0 Å². The molecule has 5 heteroatoms. The molecule has 3 nitrogen and oxygen atoms in total. The van der Waals surface area contributed by atoms with Crippen LogP contribution in [0.5, 0.6) is 0 Å². The monoisotopic (exact) mass is 195 g/mol. The highest BCUT2D eigenvalue weighted by Crippen LogP contribution is 2.45. The molecule has 0 aromatic heterocycles. The van der Waals surface area contributed by atoms with Crippen LogP contribution in [0.15, 0.2) is 0 Å². The van der Waals surface area contributed by atoms with Crippen molar-refractivity contribution in [2.24, 2.45) is 11.8 Å². The Balaban J connectivity index is 2.06. The molecule has 0 N–H and O–H groups in total. The predicted molar refractivity (Wildman–Crippen MR) is 42.6 cm³/mol. The van der Waals surface area contributed by atoms with Crippen molar-refractivity contribution in [3.05, 3.63) is 0 Å². The van der Waals surface area contributed by atoms with Crippen LogP contribution < -0.4 is 0 Å². The number of fused-ring (bicyclic) bond motifs is 1. The fourth-order valence-electron chi connectivity index (χ4n) is 1.75. The van der Waals surface area contributed by atoms with Crippen LogP contribution in [0.25, 0.3) is 0 Å². The normalized spacial score (nSPS) is 38.3. The average molecular weight is 196 g/mol. The third-order valence-corrected chi connectivity index (χ3v) is 4.10. The van der Waals surface area contributed by atoms with Gasteiger partial charge in [-0.1, -0.05) is 0 Å². The number of halogens is 1. The van der Waals surface area contributed by atoms with E-state index >= 15 is 0 Å². The summed E-state index contributed by atoms with van der Waals surface area (Å²) < 4.78 is 23.1. The summed E-state index contributed by atoms with van der Waals surface area (Å²) in [6, 6.07) is 0. The maximum atomic E-state index is 10.8. The van der Waals surface area contributed by atoms with Crippen molar-refractivity contribution in [3.8, 4) is 0 Å². The molecule has 2 atom stereocenters. The molecule has 2 fully saturated rings. The number of hydrogen-bond acceptors (Lipinski definition) is 2. The van der Waals surface area contributed by atoms with Crippen molar-refractivity contribution in [2.75, 3.05) is 13.1 Å². The minimum Gasteiger partial charge on any atom is -0.195 e. The molecule has 2 unspecified atom stereocenters. The van der Waals surface area contributed by atoms with Gasteiger partial charge in [0.1, 0.15) is 0 Å². The van der Waals surface area contributed by atoms with E-state index in [0.29, 0.717) is 19.0 Å². The molecule has 1 aliphatic carbocycles. The van der Waals surface area contributed by atoms with Gasteiger partial charge >= 0.3 is 0 Å². The minimum absolute atomic E-state index is 0.609. The Morgan fingerprint density at radius 2 is 2.09 bits per heavy atom. The van der Waals surface area contributed by atoms with Crippen LogP contribution in [0.4, 0.5) is 0 Å². The maximum absolute atomic E-state index is 10.8. The van der Waals surface area contributed by atoms with Crippen LogP contribution in [0.3, 0.4) is 0 Å². The van der Waals surface area contributed by atoms with E-state index in [2.05, 4.69) is 0 Å². The SMILES string of the molecule is O=S(=O)(Cl)N1CCC2CC2C1. The van der Waals surface area contributed by atoms with E-state index in [-0.39, 0.29) is 0 Å². The molecule has 0 spiro atoms. The van der Waals surface area contributed by atoms with E-state index in [1.165, 1.54) is 10.7 Å². The molecule has 2 rings (SSSR count). The summed E-state index contributed by atoms with van der Waals surface area (Å²) in [6.07, 6.45) is 2.19. The molecule has 1 aliphatic heterocycles. The van der Waals surface area contributed by atoms with Crippen molar-refractivity contribution < 1.29 is 8.42 Å². The Morgan fingerprint density at radius 1 is 1.36 bits per heavy atom. The highest BCUT2D eigenvalue weighted by Gasteiger charge is 2.43. The molecule has 1 saturated carbocycles. The van der Waals surface area contributed by atoms with E-state index in [4.69, 9.17) is 10.7 Å². The second-order valence-electron chi connectivity index (χ2n) is 3.34. The van der Waals surface area contributed by atoms with E-state index in [0.717, 1.165) is 12.3 Å². The van der Waals surface area contributed by atoms with Gasteiger partial charge in [0.2, 0.25) is 0 Å². The third kappa shape index (κ3) is 1.53. The lowest BCUT2D eigenvalue weighted by Gasteiger charge is -2.21. The van der Waals surface area contributed by atoms with Crippen LogP contribution >= 0.6 is 10.7 Å². The third-order valence-electron chi connectivity index (χ3n) is 2.56. The van der Waals surface area contributed by atoms with E-state index in [9.17, 15) is 8.42 Å². The lowest BCUT2D eigenvalue weighted by Crippen LogP contribution is -2.33. The standard InChI is InChI=1S/C6H10ClNO2S/c7-11(9,10)8-2-1-5-3-6(5)4-8/h5-6H,1-4H2. The smallest absolute Gasteiger partial charge is 0.195 e. The summed E-state index contributed by atoms with van der Waals surface area (Å²) >= 11 is 0. The Labute approximate surface area is 70.9 Å². The quantitative estimate of drug-likeness (QED) is 0.581. The first-order chi connectivity index (χ1) is 5.07.